The standard InChI is InChI=1S/C6H8N2O3/c9-4-1-2-5(7-3-4)6(10)8-11/h1-3,5,7,9,11H,(H,8,10)/i2D,3D,5D. The normalized spacial score (nSPS) is 34.3. The molecule has 0 aromatic heterocycles. The van der Waals surface area contributed by atoms with E-state index in [0.29, 0.717) is 0 Å². The lowest BCUT2D eigenvalue weighted by atomic mass is 10.2. The first kappa shape index (κ1) is 4.40. The number of hydrogen-bond acceptors (Lipinski definition) is 4. The van der Waals surface area contributed by atoms with E-state index in [9.17, 15) is 4.79 Å². The number of allylic oxidation sites excluding steroid dienone is 1. The molecule has 0 saturated heterocycles. The quantitative estimate of drug-likeness (QED) is 0.305. The van der Waals surface area contributed by atoms with Gasteiger partial charge in [-0.3, -0.25) is 10.0 Å². The number of aliphatic hydroxyl groups is 1. The molecule has 1 unspecified atom stereocenters. The third-order valence-electron chi connectivity index (χ3n) is 0.997. The Morgan fingerprint density at radius 1 is 2.00 bits per heavy atom. The molecule has 0 aromatic carbocycles. The Labute approximate surface area is 67.2 Å². The van der Waals surface area contributed by atoms with Crippen LogP contribution in [0.5, 0.6) is 0 Å². The summed E-state index contributed by atoms with van der Waals surface area (Å²) in [4.78, 5) is 11.0. The van der Waals surface area contributed by atoms with Gasteiger partial charge in [0, 0.05) is 6.18 Å². The van der Waals surface area contributed by atoms with Gasteiger partial charge in [-0.2, -0.15) is 0 Å². The van der Waals surface area contributed by atoms with E-state index in [1.807, 2.05) is 5.32 Å². The SMILES string of the molecule is [2H]C1=CC(O)=C([2H])NC1([2H])C(=O)NO. The fourth-order valence-corrected chi connectivity index (χ4v) is 0.517. The molecule has 0 fully saturated rings. The van der Waals surface area contributed by atoms with Gasteiger partial charge in [0.25, 0.3) is 5.91 Å². The number of hydroxylamine groups is 1. The second kappa shape index (κ2) is 3.07. The van der Waals surface area contributed by atoms with E-state index in [4.69, 9.17) is 14.4 Å². The lowest BCUT2D eigenvalue weighted by molar-refractivity contribution is -0.130. The summed E-state index contributed by atoms with van der Waals surface area (Å²) < 4.78 is 21.8. The highest BCUT2D eigenvalue weighted by molar-refractivity contribution is 5.83. The van der Waals surface area contributed by atoms with E-state index in [1.165, 1.54) is 5.48 Å². The molecule has 1 amide bonds. The van der Waals surface area contributed by atoms with Crippen LogP contribution >= 0.6 is 0 Å². The maximum absolute atomic E-state index is 11.0. The molecule has 1 rings (SSSR count). The minimum absolute atomic E-state index is 0.538. The minimum Gasteiger partial charge on any atom is -0.506 e. The smallest absolute Gasteiger partial charge is 0.269 e. The van der Waals surface area contributed by atoms with E-state index < -0.39 is 29.9 Å². The van der Waals surface area contributed by atoms with Crippen molar-refractivity contribution in [1.29, 1.82) is 0 Å². The highest BCUT2D eigenvalue weighted by Gasteiger charge is 2.14. The van der Waals surface area contributed by atoms with Crippen molar-refractivity contribution in [2.24, 2.45) is 0 Å². The molecule has 60 valence electrons. The van der Waals surface area contributed by atoms with Crippen LogP contribution in [0.4, 0.5) is 0 Å². The highest BCUT2D eigenvalue weighted by atomic mass is 16.5. The zero-order valence-electron chi connectivity index (χ0n) is 8.38. The van der Waals surface area contributed by atoms with Gasteiger partial charge in [-0.25, -0.2) is 5.48 Å². The molecular weight excluding hydrogens is 148 g/mol. The van der Waals surface area contributed by atoms with E-state index in [1.54, 1.807) is 0 Å². The Morgan fingerprint density at radius 2 is 2.73 bits per heavy atom. The summed E-state index contributed by atoms with van der Waals surface area (Å²) in [6, 6.07) is -2.85. The van der Waals surface area contributed by atoms with Crippen LogP contribution in [0.15, 0.2) is 24.1 Å². The van der Waals surface area contributed by atoms with Crippen LogP contribution in [0.2, 0.25) is 0 Å². The Hall–Kier alpha value is -1.49. The number of carbonyl (C=O) groups excluding carboxylic acids is 1. The van der Waals surface area contributed by atoms with Gasteiger partial charge in [0.05, 0.1) is 4.11 Å². The molecule has 0 aromatic rings. The lowest BCUT2D eigenvalue weighted by Gasteiger charge is -2.13. The number of dihydropyridines is 1. The molecule has 5 nitrogen and oxygen atoms in total. The van der Waals surface area contributed by atoms with Gasteiger partial charge in [0.1, 0.15) is 11.8 Å². The van der Waals surface area contributed by atoms with Crippen LogP contribution in [0.3, 0.4) is 0 Å². The van der Waals surface area contributed by atoms with E-state index >= 15 is 0 Å². The lowest BCUT2D eigenvalue weighted by Crippen LogP contribution is -2.40. The Bertz CT molecular complexity index is 341. The van der Waals surface area contributed by atoms with E-state index in [2.05, 4.69) is 0 Å². The van der Waals surface area contributed by atoms with Crippen LogP contribution in [0.25, 0.3) is 0 Å². The van der Waals surface area contributed by atoms with Gasteiger partial charge in [0.2, 0.25) is 0 Å². The van der Waals surface area contributed by atoms with Gasteiger partial charge < -0.3 is 10.4 Å². The molecule has 1 aliphatic heterocycles. The Morgan fingerprint density at radius 3 is 3.36 bits per heavy atom. The molecule has 0 spiro atoms. The van der Waals surface area contributed by atoms with Crippen LogP contribution < -0.4 is 10.8 Å². The first-order chi connectivity index (χ1) is 6.41. The molecule has 1 atom stereocenters. The molecule has 1 aliphatic rings. The molecule has 0 saturated carbocycles. The van der Waals surface area contributed by atoms with Crippen LogP contribution in [-0.2, 0) is 4.79 Å². The van der Waals surface area contributed by atoms with Crippen LogP contribution in [0.1, 0.15) is 4.11 Å². The van der Waals surface area contributed by atoms with Gasteiger partial charge in [-0.05, 0) is 12.1 Å². The van der Waals surface area contributed by atoms with Crippen molar-refractivity contribution in [3.05, 3.63) is 24.1 Å². The van der Waals surface area contributed by atoms with Crippen molar-refractivity contribution in [2.45, 2.75) is 6.02 Å². The Kier molecular flexibility index (Phi) is 1.23. The summed E-state index contributed by atoms with van der Waals surface area (Å²) >= 11 is 0. The van der Waals surface area contributed by atoms with Crippen LogP contribution in [-0.4, -0.2) is 22.2 Å². The van der Waals surface area contributed by atoms with E-state index in [-0.39, 0.29) is 0 Å². The van der Waals surface area contributed by atoms with E-state index in [0.717, 1.165) is 6.08 Å². The van der Waals surface area contributed by atoms with Gasteiger partial charge >= 0.3 is 0 Å². The molecule has 0 aliphatic carbocycles. The van der Waals surface area contributed by atoms with Gasteiger partial charge in [0.15, 0.2) is 0 Å². The van der Waals surface area contributed by atoms with Gasteiger partial charge in [-0.15, -0.1) is 0 Å². The molecule has 0 radical (unpaired) electrons. The predicted molar refractivity (Wildman–Crippen MR) is 36.7 cm³/mol. The maximum atomic E-state index is 11.0. The zero-order chi connectivity index (χ0) is 10.9. The second-order valence-electron chi connectivity index (χ2n) is 1.74. The maximum Gasteiger partial charge on any atom is 0.269 e. The predicted octanol–water partition coefficient (Wildman–Crippen LogP) is -0.581. The first-order valence-electron chi connectivity index (χ1n) is 4.23. The number of carbonyl (C=O) groups is 1. The fraction of sp³-hybridized carbons (Fsp3) is 0.167. The van der Waals surface area contributed by atoms with Crippen molar-refractivity contribution < 1.29 is 19.2 Å². The highest BCUT2D eigenvalue weighted by Crippen LogP contribution is 1.99. The summed E-state index contributed by atoms with van der Waals surface area (Å²) in [5.41, 5.74) is 1.20. The Balaban J connectivity index is 3.08. The summed E-state index contributed by atoms with van der Waals surface area (Å²) in [6.45, 7) is 0. The molecule has 4 N–H and O–H groups in total. The number of nitrogens with one attached hydrogen (secondary N) is 2. The number of hydrogen-bond donors (Lipinski definition) is 4. The van der Waals surface area contributed by atoms with Crippen molar-refractivity contribution in [2.75, 3.05) is 0 Å². The van der Waals surface area contributed by atoms with Crippen molar-refractivity contribution in [3.8, 4) is 0 Å². The third-order valence-corrected chi connectivity index (χ3v) is 0.997. The molecule has 11 heavy (non-hydrogen) atoms. The van der Waals surface area contributed by atoms with Gasteiger partial charge in [-0.1, -0.05) is 0 Å². The fourth-order valence-electron chi connectivity index (χ4n) is 0.517. The minimum atomic E-state index is -2.28. The van der Waals surface area contributed by atoms with Crippen molar-refractivity contribution in [3.63, 3.8) is 0 Å². The summed E-state index contributed by atoms with van der Waals surface area (Å²) in [5.74, 6) is -1.74. The molecular formula is C6H8N2O3. The number of aliphatic hydroxyl groups excluding tert-OH is 1. The summed E-state index contributed by atoms with van der Waals surface area (Å²) in [6.07, 6.45) is 0.237. The summed E-state index contributed by atoms with van der Waals surface area (Å²) in [7, 11) is 0. The average Bonchev–Trinajstić information content (AvgIpc) is 2.13. The third kappa shape index (κ3) is 1.71. The number of rotatable bonds is 1. The second-order valence-corrected chi connectivity index (χ2v) is 1.74. The average molecular weight is 159 g/mol. The van der Waals surface area contributed by atoms with Crippen LogP contribution in [0, 0.1) is 0 Å². The monoisotopic (exact) mass is 159 g/mol. The van der Waals surface area contributed by atoms with Crippen molar-refractivity contribution in [1.82, 2.24) is 10.8 Å². The number of amides is 1. The topological polar surface area (TPSA) is 81.6 Å². The largest absolute Gasteiger partial charge is 0.506 e. The first-order valence-corrected chi connectivity index (χ1v) is 2.73. The van der Waals surface area contributed by atoms with Crippen molar-refractivity contribution >= 4 is 5.91 Å². The summed E-state index contributed by atoms with van der Waals surface area (Å²) in [5, 5.41) is 19.3. The molecule has 0 bridgehead atoms. The molecule has 1 heterocycles. The molecule has 5 heteroatoms. The zero-order valence-corrected chi connectivity index (χ0v) is 5.38.